The van der Waals surface area contributed by atoms with E-state index in [4.69, 9.17) is 4.74 Å². The number of nitrogens with one attached hydrogen (secondary N) is 1. The number of hydrogen-bond donors (Lipinski definition) is 1. The molecule has 0 fully saturated rings. The average molecular weight is 212 g/mol. The Morgan fingerprint density at radius 1 is 1.57 bits per heavy atom. The summed E-state index contributed by atoms with van der Waals surface area (Å²) in [5.74, 6) is 0.700. The summed E-state index contributed by atoms with van der Waals surface area (Å²) in [5.41, 5.74) is 0.0866. The predicted octanol–water partition coefficient (Wildman–Crippen LogP) is 1.58. The first-order valence-corrected chi connectivity index (χ1v) is 4.90. The van der Waals surface area contributed by atoms with Crippen LogP contribution in [0, 0.1) is 10.1 Å². The van der Waals surface area contributed by atoms with Crippen molar-refractivity contribution >= 4 is 17.6 Å². The SMILES string of the molecule is O=[N+]([O-])c1ccc2c(c1)SNCCO2. The Morgan fingerprint density at radius 2 is 2.43 bits per heavy atom. The molecule has 0 spiro atoms. The first-order chi connectivity index (χ1) is 6.77. The number of hydrogen-bond acceptors (Lipinski definition) is 5. The fourth-order valence-electron chi connectivity index (χ4n) is 1.14. The summed E-state index contributed by atoms with van der Waals surface area (Å²) in [6, 6.07) is 4.59. The van der Waals surface area contributed by atoms with Crippen molar-refractivity contribution in [2.75, 3.05) is 13.2 Å². The van der Waals surface area contributed by atoms with E-state index >= 15 is 0 Å². The molecule has 1 aromatic carbocycles. The van der Waals surface area contributed by atoms with E-state index in [0.717, 1.165) is 11.4 Å². The maximum Gasteiger partial charge on any atom is 0.270 e. The summed E-state index contributed by atoms with van der Waals surface area (Å²) in [5, 5.41) is 10.5. The van der Waals surface area contributed by atoms with Gasteiger partial charge in [-0.2, -0.15) is 0 Å². The highest BCUT2D eigenvalue weighted by Crippen LogP contribution is 2.32. The van der Waals surface area contributed by atoms with Crippen LogP contribution in [0.2, 0.25) is 0 Å². The third-order valence-electron chi connectivity index (χ3n) is 1.78. The van der Waals surface area contributed by atoms with Crippen LogP contribution in [0.1, 0.15) is 0 Å². The highest BCUT2D eigenvalue weighted by molar-refractivity contribution is 7.97. The van der Waals surface area contributed by atoms with Crippen LogP contribution < -0.4 is 9.46 Å². The van der Waals surface area contributed by atoms with Gasteiger partial charge in [0, 0.05) is 18.7 Å². The summed E-state index contributed by atoms with van der Waals surface area (Å²) in [7, 11) is 0. The monoisotopic (exact) mass is 212 g/mol. The second-order valence-electron chi connectivity index (χ2n) is 2.73. The third-order valence-corrected chi connectivity index (χ3v) is 2.67. The van der Waals surface area contributed by atoms with Crippen LogP contribution in [0.4, 0.5) is 5.69 Å². The number of non-ortho nitro benzene ring substituents is 1. The molecule has 0 bridgehead atoms. The molecule has 0 amide bonds. The van der Waals surface area contributed by atoms with Crippen molar-refractivity contribution in [3.05, 3.63) is 28.3 Å². The molecule has 1 aliphatic heterocycles. The maximum atomic E-state index is 10.5. The molecule has 0 aromatic heterocycles. The van der Waals surface area contributed by atoms with Crippen molar-refractivity contribution < 1.29 is 9.66 Å². The normalized spacial score (nSPS) is 15.1. The largest absolute Gasteiger partial charge is 0.491 e. The molecule has 14 heavy (non-hydrogen) atoms. The van der Waals surface area contributed by atoms with Crippen LogP contribution in [-0.2, 0) is 0 Å². The van der Waals surface area contributed by atoms with Crippen LogP contribution >= 0.6 is 11.9 Å². The second-order valence-corrected chi connectivity index (χ2v) is 3.67. The van der Waals surface area contributed by atoms with Crippen LogP contribution in [-0.4, -0.2) is 18.1 Å². The topological polar surface area (TPSA) is 64.4 Å². The van der Waals surface area contributed by atoms with E-state index in [9.17, 15) is 10.1 Å². The Bertz CT molecular complexity index is 370. The molecule has 0 atom stereocenters. The zero-order valence-corrected chi connectivity index (χ0v) is 8.04. The van der Waals surface area contributed by atoms with E-state index in [1.807, 2.05) is 0 Å². The van der Waals surface area contributed by atoms with Crippen molar-refractivity contribution in [1.82, 2.24) is 4.72 Å². The van der Waals surface area contributed by atoms with Gasteiger partial charge in [0.05, 0.1) is 9.82 Å². The third kappa shape index (κ3) is 1.80. The summed E-state index contributed by atoms with van der Waals surface area (Å²) in [6.07, 6.45) is 0. The van der Waals surface area contributed by atoms with Crippen LogP contribution in [0.15, 0.2) is 23.1 Å². The Labute approximate surface area is 84.7 Å². The van der Waals surface area contributed by atoms with Gasteiger partial charge in [-0.3, -0.25) is 14.8 Å². The highest BCUT2D eigenvalue weighted by atomic mass is 32.2. The summed E-state index contributed by atoms with van der Waals surface area (Å²) >= 11 is 1.36. The number of rotatable bonds is 1. The highest BCUT2D eigenvalue weighted by Gasteiger charge is 2.14. The van der Waals surface area contributed by atoms with Crippen molar-refractivity contribution in [3.63, 3.8) is 0 Å². The standard InChI is InChI=1S/C8H8N2O3S/c11-10(12)6-1-2-7-8(5-6)14-9-3-4-13-7/h1-2,5,9H,3-4H2. The van der Waals surface area contributed by atoms with Gasteiger partial charge in [0.25, 0.3) is 5.69 Å². The van der Waals surface area contributed by atoms with Gasteiger partial charge in [-0.05, 0) is 18.0 Å². The van der Waals surface area contributed by atoms with Gasteiger partial charge in [0.1, 0.15) is 12.4 Å². The zero-order chi connectivity index (χ0) is 9.97. The number of nitro benzene ring substituents is 1. The van der Waals surface area contributed by atoms with Crippen LogP contribution in [0.3, 0.4) is 0 Å². The predicted molar refractivity (Wildman–Crippen MR) is 52.5 cm³/mol. The van der Waals surface area contributed by atoms with Gasteiger partial charge in [-0.15, -0.1) is 0 Å². The Hall–Kier alpha value is -1.27. The molecule has 0 saturated carbocycles. The van der Waals surface area contributed by atoms with E-state index < -0.39 is 4.92 Å². The number of fused-ring (bicyclic) bond motifs is 1. The van der Waals surface area contributed by atoms with Gasteiger partial charge in [0.15, 0.2) is 0 Å². The first-order valence-electron chi connectivity index (χ1n) is 4.08. The van der Waals surface area contributed by atoms with Crippen LogP contribution in [0.5, 0.6) is 5.75 Å². The molecule has 0 aliphatic carbocycles. The number of nitro groups is 1. The quantitative estimate of drug-likeness (QED) is 0.435. The smallest absolute Gasteiger partial charge is 0.270 e. The minimum Gasteiger partial charge on any atom is -0.491 e. The fraction of sp³-hybridized carbons (Fsp3) is 0.250. The summed E-state index contributed by atoms with van der Waals surface area (Å²) in [6.45, 7) is 1.31. The second kappa shape index (κ2) is 3.85. The molecule has 1 heterocycles. The molecule has 1 aliphatic rings. The van der Waals surface area contributed by atoms with Crippen molar-refractivity contribution in [3.8, 4) is 5.75 Å². The molecule has 2 rings (SSSR count). The molecule has 1 aromatic rings. The molecule has 0 saturated heterocycles. The Balaban J connectivity index is 2.37. The van der Waals surface area contributed by atoms with Crippen molar-refractivity contribution in [1.29, 1.82) is 0 Å². The van der Waals surface area contributed by atoms with Gasteiger partial charge >= 0.3 is 0 Å². The molecule has 5 nitrogen and oxygen atoms in total. The minimum absolute atomic E-state index is 0.0866. The lowest BCUT2D eigenvalue weighted by Crippen LogP contribution is -2.10. The van der Waals surface area contributed by atoms with E-state index in [-0.39, 0.29) is 5.69 Å². The molecular weight excluding hydrogens is 204 g/mol. The van der Waals surface area contributed by atoms with Gasteiger partial charge in [0.2, 0.25) is 0 Å². The lowest BCUT2D eigenvalue weighted by molar-refractivity contribution is -0.385. The van der Waals surface area contributed by atoms with Crippen LogP contribution in [0.25, 0.3) is 0 Å². The van der Waals surface area contributed by atoms with E-state index in [0.29, 0.717) is 12.4 Å². The van der Waals surface area contributed by atoms with Gasteiger partial charge < -0.3 is 4.74 Å². The molecule has 6 heteroatoms. The number of ether oxygens (including phenoxy) is 1. The number of nitrogens with zero attached hydrogens (tertiary/aromatic N) is 1. The van der Waals surface area contributed by atoms with E-state index in [1.54, 1.807) is 6.07 Å². The molecular formula is C8H8N2O3S. The first kappa shape index (κ1) is 9.29. The Morgan fingerprint density at radius 3 is 3.21 bits per heavy atom. The molecule has 0 radical (unpaired) electrons. The van der Waals surface area contributed by atoms with Crippen molar-refractivity contribution in [2.24, 2.45) is 0 Å². The molecule has 0 unspecified atom stereocenters. The van der Waals surface area contributed by atoms with Crippen molar-refractivity contribution in [2.45, 2.75) is 4.90 Å². The molecule has 74 valence electrons. The van der Waals surface area contributed by atoms with E-state index in [2.05, 4.69) is 4.72 Å². The number of benzene rings is 1. The molecule has 1 N–H and O–H groups in total. The maximum absolute atomic E-state index is 10.5. The lowest BCUT2D eigenvalue weighted by atomic mass is 10.3. The fourth-order valence-corrected chi connectivity index (χ4v) is 1.89. The van der Waals surface area contributed by atoms with Gasteiger partial charge in [-0.1, -0.05) is 0 Å². The minimum atomic E-state index is -0.411. The zero-order valence-electron chi connectivity index (χ0n) is 7.23. The van der Waals surface area contributed by atoms with E-state index in [1.165, 1.54) is 24.1 Å². The summed E-state index contributed by atoms with van der Waals surface area (Å²) in [4.78, 5) is 10.9. The average Bonchev–Trinajstić information content (AvgIpc) is 2.41. The Kier molecular flexibility index (Phi) is 2.55. The summed E-state index contributed by atoms with van der Waals surface area (Å²) < 4.78 is 8.42. The van der Waals surface area contributed by atoms with Gasteiger partial charge in [-0.25, -0.2) is 0 Å². The lowest BCUT2D eigenvalue weighted by Gasteiger charge is -2.03.